The molecule has 1 fully saturated rings. The SMILES string of the molecule is N#C/C(=C\C=C\c1ccccc1)C(=O)NCC1CCCO1. The lowest BCUT2D eigenvalue weighted by molar-refractivity contribution is -0.117. The molecule has 0 spiro atoms. The first-order chi connectivity index (χ1) is 10.3. The van der Waals surface area contributed by atoms with E-state index in [4.69, 9.17) is 10.00 Å². The predicted molar refractivity (Wildman–Crippen MR) is 81.2 cm³/mol. The highest BCUT2D eigenvalue weighted by Crippen LogP contribution is 2.10. The third-order valence-electron chi connectivity index (χ3n) is 3.23. The van der Waals surface area contributed by atoms with Crippen molar-refractivity contribution in [2.45, 2.75) is 18.9 Å². The summed E-state index contributed by atoms with van der Waals surface area (Å²) in [4.78, 5) is 11.9. The fourth-order valence-electron chi connectivity index (χ4n) is 2.09. The molecule has 108 valence electrons. The summed E-state index contributed by atoms with van der Waals surface area (Å²) in [6.45, 7) is 1.21. The molecule has 1 unspecified atom stereocenters. The minimum atomic E-state index is -0.356. The highest BCUT2D eigenvalue weighted by Gasteiger charge is 2.17. The van der Waals surface area contributed by atoms with Crippen molar-refractivity contribution in [2.24, 2.45) is 0 Å². The van der Waals surface area contributed by atoms with Crippen LogP contribution in [0.5, 0.6) is 0 Å². The summed E-state index contributed by atoms with van der Waals surface area (Å²) < 4.78 is 5.42. The van der Waals surface area contributed by atoms with Crippen molar-refractivity contribution in [3.63, 3.8) is 0 Å². The minimum absolute atomic E-state index is 0.0775. The van der Waals surface area contributed by atoms with Crippen LogP contribution in [0.15, 0.2) is 48.1 Å². The normalized spacial score (nSPS) is 18.6. The Labute approximate surface area is 124 Å². The van der Waals surface area contributed by atoms with Gasteiger partial charge in [0.25, 0.3) is 5.91 Å². The van der Waals surface area contributed by atoms with E-state index < -0.39 is 0 Å². The van der Waals surface area contributed by atoms with Crippen molar-refractivity contribution in [1.29, 1.82) is 5.26 Å². The van der Waals surface area contributed by atoms with Crippen LogP contribution in [0.2, 0.25) is 0 Å². The Hall–Kier alpha value is -2.38. The number of amides is 1. The van der Waals surface area contributed by atoms with Gasteiger partial charge in [0.15, 0.2) is 0 Å². The molecule has 1 atom stereocenters. The van der Waals surface area contributed by atoms with Crippen LogP contribution in [0.1, 0.15) is 18.4 Å². The number of allylic oxidation sites excluding steroid dienone is 2. The first-order valence-corrected chi connectivity index (χ1v) is 7.03. The van der Waals surface area contributed by atoms with E-state index >= 15 is 0 Å². The zero-order valence-corrected chi connectivity index (χ0v) is 11.8. The van der Waals surface area contributed by atoms with E-state index in [1.54, 1.807) is 6.08 Å². The van der Waals surface area contributed by atoms with Gasteiger partial charge in [-0.15, -0.1) is 0 Å². The van der Waals surface area contributed by atoms with Crippen molar-refractivity contribution < 1.29 is 9.53 Å². The van der Waals surface area contributed by atoms with E-state index in [1.807, 2.05) is 42.5 Å². The molecule has 0 aromatic heterocycles. The van der Waals surface area contributed by atoms with Crippen molar-refractivity contribution in [3.05, 3.63) is 53.6 Å². The number of hydrogen-bond donors (Lipinski definition) is 1. The summed E-state index contributed by atoms with van der Waals surface area (Å²) >= 11 is 0. The summed E-state index contributed by atoms with van der Waals surface area (Å²) in [6, 6.07) is 11.6. The van der Waals surface area contributed by atoms with E-state index in [1.165, 1.54) is 6.08 Å². The maximum absolute atomic E-state index is 11.9. The largest absolute Gasteiger partial charge is 0.376 e. The molecule has 2 rings (SSSR count). The number of carbonyl (C=O) groups is 1. The molecular formula is C17H18N2O2. The highest BCUT2D eigenvalue weighted by atomic mass is 16.5. The Bertz CT molecular complexity index is 564. The highest BCUT2D eigenvalue weighted by molar-refractivity contribution is 5.97. The van der Waals surface area contributed by atoms with Gasteiger partial charge in [-0.05, 0) is 24.5 Å². The average Bonchev–Trinajstić information content (AvgIpc) is 3.04. The Balaban J connectivity index is 1.88. The van der Waals surface area contributed by atoms with Crippen LogP contribution in [0.4, 0.5) is 0 Å². The lowest BCUT2D eigenvalue weighted by Crippen LogP contribution is -2.32. The third kappa shape index (κ3) is 4.90. The van der Waals surface area contributed by atoms with Crippen LogP contribution >= 0.6 is 0 Å². The van der Waals surface area contributed by atoms with Gasteiger partial charge in [-0.25, -0.2) is 0 Å². The van der Waals surface area contributed by atoms with Crippen molar-refractivity contribution in [1.82, 2.24) is 5.32 Å². The molecule has 4 nitrogen and oxygen atoms in total. The molecule has 1 aliphatic rings. The zero-order valence-electron chi connectivity index (χ0n) is 11.8. The number of nitrogens with zero attached hydrogens (tertiary/aromatic N) is 1. The monoisotopic (exact) mass is 282 g/mol. The number of carbonyl (C=O) groups excluding carboxylic acids is 1. The summed E-state index contributed by atoms with van der Waals surface area (Å²) in [5, 5.41) is 11.8. The van der Waals surface area contributed by atoms with Crippen molar-refractivity contribution in [2.75, 3.05) is 13.2 Å². The number of benzene rings is 1. The van der Waals surface area contributed by atoms with Gasteiger partial charge in [-0.2, -0.15) is 5.26 Å². The number of nitriles is 1. The van der Waals surface area contributed by atoms with Gasteiger partial charge >= 0.3 is 0 Å². The molecule has 1 amide bonds. The quantitative estimate of drug-likeness (QED) is 0.512. The lowest BCUT2D eigenvalue weighted by Gasteiger charge is -2.09. The van der Waals surface area contributed by atoms with Gasteiger partial charge in [0.1, 0.15) is 11.6 Å². The second-order valence-corrected chi connectivity index (χ2v) is 4.81. The van der Waals surface area contributed by atoms with Crippen LogP contribution in [0, 0.1) is 11.3 Å². The Morgan fingerprint density at radius 1 is 1.43 bits per heavy atom. The van der Waals surface area contributed by atoms with E-state index in [9.17, 15) is 4.79 Å². The van der Waals surface area contributed by atoms with Crippen LogP contribution < -0.4 is 5.32 Å². The van der Waals surface area contributed by atoms with E-state index in [-0.39, 0.29) is 17.6 Å². The van der Waals surface area contributed by atoms with Gasteiger partial charge in [0.05, 0.1) is 6.10 Å². The van der Waals surface area contributed by atoms with Crippen LogP contribution in [-0.4, -0.2) is 25.2 Å². The maximum Gasteiger partial charge on any atom is 0.262 e. The first-order valence-electron chi connectivity index (χ1n) is 7.03. The molecule has 4 heteroatoms. The number of nitrogens with one attached hydrogen (secondary N) is 1. The lowest BCUT2D eigenvalue weighted by atomic mass is 10.2. The van der Waals surface area contributed by atoms with Gasteiger partial charge < -0.3 is 10.1 Å². The molecule has 0 aliphatic carbocycles. The van der Waals surface area contributed by atoms with E-state index in [0.29, 0.717) is 6.54 Å². The molecule has 1 aliphatic heterocycles. The molecule has 1 N–H and O–H groups in total. The first kappa shape index (κ1) is 15.0. The van der Waals surface area contributed by atoms with Crippen LogP contribution in [0.25, 0.3) is 6.08 Å². The zero-order chi connectivity index (χ0) is 14.9. The molecule has 1 heterocycles. The summed E-state index contributed by atoms with van der Waals surface area (Å²) in [7, 11) is 0. The van der Waals surface area contributed by atoms with Gasteiger partial charge in [0.2, 0.25) is 0 Å². The summed E-state index contributed by atoms with van der Waals surface area (Å²) in [5.74, 6) is -0.356. The smallest absolute Gasteiger partial charge is 0.262 e. The second kappa shape index (κ2) is 8.03. The Morgan fingerprint density at radius 2 is 2.24 bits per heavy atom. The molecule has 1 aromatic carbocycles. The average molecular weight is 282 g/mol. The standard InChI is InChI=1S/C17H18N2O2/c18-12-15(9-4-8-14-6-2-1-3-7-14)17(20)19-13-16-10-5-11-21-16/h1-4,6-9,16H,5,10-11,13H2,(H,19,20)/b8-4+,15-9+. The predicted octanol–water partition coefficient (Wildman–Crippen LogP) is 2.44. The van der Waals surface area contributed by atoms with Crippen molar-refractivity contribution in [3.8, 4) is 6.07 Å². The summed E-state index contributed by atoms with van der Waals surface area (Å²) in [5.41, 5.74) is 1.12. The minimum Gasteiger partial charge on any atom is -0.376 e. The van der Waals surface area contributed by atoms with Gasteiger partial charge in [-0.1, -0.05) is 42.5 Å². The van der Waals surface area contributed by atoms with Gasteiger partial charge in [-0.3, -0.25) is 4.79 Å². The molecule has 1 aromatic rings. The van der Waals surface area contributed by atoms with Crippen LogP contribution in [0.3, 0.4) is 0 Å². The second-order valence-electron chi connectivity index (χ2n) is 4.81. The topological polar surface area (TPSA) is 62.1 Å². The fraction of sp³-hybridized carbons (Fsp3) is 0.294. The molecule has 21 heavy (non-hydrogen) atoms. The summed E-state index contributed by atoms with van der Waals surface area (Å²) in [6.07, 6.45) is 7.15. The van der Waals surface area contributed by atoms with E-state index in [2.05, 4.69) is 5.32 Å². The third-order valence-corrected chi connectivity index (χ3v) is 3.23. The fourth-order valence-corrected chi connectivity index (χ4v) is 2.09. The molecule has 0 saturated carbocycles. The Kier molecular flexibility index (Phi) is 5.74. The number of rotatable bonds is 5. The molecule has 0 radical (unpaired) electrons. The molecular weight excluding hydrogens is 264 g/mol. The molecule has 1 saturated heterocycles. The van der Waals surface area contributed by atoms with Crippen molar-refractivity contribution >= 4 is 12.0 Å². The molecule has 0 bridgehead atoms. The number of hydrogen-bond acceptors (Lipinski definition) is 3. The maximum atomic E-state index is 11.9. The van der Waals surface area contributed by atoms with Gasteiger partial charge in [0, 0.05) is 13.2 Å². The number of ether oxygens (including phenoxy) is 1. The van der Waals surface area contributed by atoms with Crippen LogP contribution in [-0.2, 0) is 9.53 Å². The van der Waals surface area contributed by atoms with E-state index in [0.717, 1.165) is 25.0 Å². The Morgan fingerprint density at radius 3 is 2.90 bits per heavy atom.